The Morgan fingerprint density at radius 2 is 1.09 bits per heavy atom. The summed E-state index contributed by atoms with van der Waals surface area (Å²) in [6.45, 7) is 3.44. The number of carboxylic acid groups (broad SMARTS) is 2. The van der Waals surface area contributed by atoms with Gasteiger partial charge in [-0.15, -0.1) is 0 Å². The molecule has 0 fully saturated rings. The van der Waals surface area contributed by atoms with Crippen LogP contribution in [0.4, 0.5) is 0 Å². The normalized spacial score (nSPS) is 9.22. The molecule has 0 unspecified atom stereocenters. The van der Waals surface area contributed by atoms with Crippen molar-refractivity contribution in [1.82, 2.24) is 0 Å². The Hall–Kier alpha value is -2.65. The zero-order valence-electron chi connectivity index (χ0n) is 13.1. The van der Waals surface area contributed by atoms with Gasteiger partial charge >= 0.3 is 29.8 Å². The number of ether oxygens (including phenoxy) is 3. The second kappa shape index (κ2) is 13.0. The van der Waals surface area contributed by atoms with Crippen molar-refractivity contribution in [3.05, 3.63) is 0 Å². The maximum Gasteiger partial charge on any atom is 0.303 e. The number of esters is 3. The first kappa shape index (κ1) is 22.6. The van der Waals surface area contributed by atoms with Gasteiger partial charge in [0.25, 0.3) is 0 Å². The van der Waals surface area contributed by atoms with Crippen molar-refractivity contribution in [2.24, 2.45) is 0 Å². The lowest BCUT2D eigenvalue weighted by atomic mass is 10.3. The molecule has 0 aliphatic heterocycles. The van der Waals surface area contributed by atoms with E-state index in [0.717, 1.165) is 0 Å². The van der Waals surface area contributed by atoms with Crippen LogP contribution in [-0.2, 0) is 38.2 Å². The van der Waals surface area contributed by atoms with Crippen LogP contribution in [0.1, 0.15) is 33.6 Å². The van der Waals surface area contributed by atoms with Crippen molar-refractivity contribution in [2.45, 2.75) is 39.7 Å². The van der Waals surface area contributed by atoms with E-state index in [1.54, 1.807) is 0 Å². The van der Waals surface area contributed by atoms with Crippen LogP contribution in [0.25, 0.3) is 0 Å². The molecule has 0 amide bonds. The molecule has 10 nitrogen and oxygen atoms in total. The Balaban J connectivity index is 0. The molecule has 10 heteroatoms. The number of rotatable bonds is 8. The van der Waals surface area contributed by atoms with E-state index in [9.17, 15) is 24.0 Å². The largest absolute Gasteiger partial charge is 0.481 e. The van der Waals surface area contributed by atoms with Crippen LogP contribution in [0.2, 0.25) is 0 Å². The van der Waals surface area contributed by atoms with Crippen molar-refractivity contribution < 1.29 is 48.4 Å². The average molecular weight is 336 g/mol. The summed E-state index contributed by atoms with van der Waals surface area (Å²) >= 11 is 0. The minimum atomic E-state index is -1.08. The van der Waals surface area contributed by atoms with Gasteiger partial charge < -0.3 is 24.4 Å². The van der Waals surface area contributed by atoms with Crippen molar-refractivity contribution >= 4 is 29.8 Å². The first-order chi connectivity index (χ1) is 10.5. The molecule has 0 saturated carbocycles. The third kappa shape index (κ3) is 21.8. The molecule has 0 atom stereocenters. The van der Waals surface area contributed by atoms with Gasteiger partial charge in [0.1, 0.15) is 13.2 Å². The zero-order chi connectivity index (χ0) is 18.4. The quantitative estimate of drug-likeness (QED) is 0.456. The van der Waals surface area contributed by atoms with E-state index in [4.69, 9.17) is 14.9 Å². The van der Waals surface area contributed by atoms with Gasteiger partial charge in [0.2, 0.25) is 0 Å². The SMILES string of the molecule is CC(=O)OCC(COC(C)=O)OC(C)=O.O=C(O)CCC(=O)O. The summed E-state index contributed by atoms with van der Waals surface area (Å²) < 4.78 is 14.0. The van der Waals surface area contributed by atoms with Crippen LogP contribution in [0.3, 0.4) is 0 Å². The average Bonchev–Trinajstić information content (AvgIpc) is 2.39. The molecule has 0 aromatic heterocycles. The van der Waals surface area contributed by atoms with Gasteiger partial charge in [0.15, 0.2) is 6.10 Å². The Bertz CT molecular complexity index is 396. The second-order valence-corrected chi connectivity index (χ2v) is 4.12. The summed E-state index contributed by atoms with van der Waals surface area (Å²) in [4.78, 5) is 50.9. The van der Waals surface area contributed by atoms with E-state index >= 15 is 0 Å². The molecule has 0 aromatic rings. The number of carbonyl (C=O) groups excluding carboxylic acids is 3. The third-order valence-corrected chi connectivity index (χ3v) is 1.83. The monoisotopic (exact) mass is 336 g/mol. The van der Waals surface area contributed by atoms with Crippen LogP contribution < -0.4 is 0 Å². The minimum Gasteiger partial charge on any atom is -0.481 e. The molecule has 0 bridgehead atoms. The van der Waals surface area contributed by atoms with Crippen LogP contribution in [0, 0.1) is 0 Å². The summed E-state index contributed by atoms with van der Waals surface area (Å²) in [5.41, 5.74) is 0. The molecular formula is C13H20O10. The fourth-order valence-corrected chi connectivity index (χ4v) is 0.985. The smallest absolute Gasteiger partial charge is 0.303 e. The number of hydrogen-bond donors (Lipinski definition) is 2. The Kier molecular flexibility index (Phi) is 12.8. The van der Waals surface area contributed by atoms with Gasteiger partial charge in [-0.05, 0) is 0 Å². The molecule has 132 valence electrons. The highest BCUT2D eigenvalue weighted by Gasteiger charge is 2.15. The van der Waals surface area contributed by atoms with Gasteiger partial charge in [-0.3, -0.25) is 24.0 Å². The lowest BCUT2D eigenvalue weighted by Crippen LogP contribution is -2.29. The summed E-state index contributed by atoms with van der Waals surface area (Å²) in [7, 11) is 0. The lowest BCUT2D eigenvalue weighted by molar-refractivity contribution is -0.163. The fourth-order valence-electron chi connectivity index (χ4n) is 0.985. The first-order valence-electron chi connectivity index (χ1n) is 6.42. The molecule has 0 radical (unpaired) electrons. The molecular weight excluding hydrogens is 316 g/mol. The Morgan fingerprint density at radius 1 is 0.739 bits per heavy atom. The van der Waals surface area contributed by atoms with Gasteiger partial charge in [0.05, 0.1) is 12.8 Å². The Morgan fingerprint density at radius 3 is 1.30 bits per heavy atom. The maximum atomic E-state index is 10.6. The zero-order valence-corrected chi connectivity index (χ0v) is 13.1. The van der Waals surface area contributed by atoms with Crippen LogP contribution in [0.5, 0.6) is 0 Å². The first-order valence-corrected chi connectivity index (χ1v) is 6.42. The highest BCUT2D eigenvalue weighted by Crippen LogP contribution is 1.97. The van der Waals surface area contributed by atoms with E-state index in [2.05, 4.69) is 9.47 Å². The van der Waals surface area contributed by atoms with E-state index < -0.39 is 36.0 Å². The molecule has 0 heterocycles. The van der Waals surface area contributed by atoms with Gasteiger partial charge in [-0.2, -0.15) is 0 Å². The molecule has 2 N–H and O–H groups in total. The highest BCUT2D eigenvalue weighted by molar-refractivity contribution is 5.75. The van der Waals surface area contributed by atoms with Crippen molar-refractivity contribution in [1.29, 1.82) is 0 Å². The van der Waals surface area contributed by atoms with Gasteiger partial charge in [0, 0.05) is 20.8 Å². The maximum absolute atomic E-state index is 10.6. The standard InChI is InChI=1S/C9H14O6.C4H6O4/c1-6(10)13-4-9(15-8(3)12)5-14-7(2)11;5-3(6)1-2-4(7)8/h9H,4-5H2,1-3H3;1-2H2,(H,5,6)(H,7,8). The summed E-state index contributed by atoms with van der Waals surface area (Å²) in [5, 5.41) is 15.8. The molecule has 0 aliphatic carbocycles. The topological polar surface area (TPSA) is 154 Å². The Labute approximate surface area is 132 Å². The number of carbonyl (C=O) groups is 5. The van der Waals surface area contributed by atoms with Crippen LogP contribution in [-0.4, -0.2) is 59.4 Å². The van der Waals surface area contributed by atoms with Crippen molar-refractivity contribution in [3.63, 3.8) is 0 Å². The highest BCUT2D eigenvalue weighted by atomic mass is 16.6. The number of hydrogen-bond acceptors (Lipinski definition) is 8. The molecule has 0 aliphatic rings. The fraction of sp³-hybridized carbons (Fsp3) is 0.615. The predicted molar refractivity (Wildman–Crippen MR) is 73.3 cm³/mol. The van der Waals surface area contributed by atoms with E-state index in [-0.39, 0.29) is 26.1 Å². The third-order valence-electron chi connectivity index (χ3n) is 1.83. The van der Waals surface area contributed by atoms with E-state index in [1.807, 2.05) is 0 Å². The summed E-state index contributed by atoms with van der Waals surface area (Å²) in [6.07, 6.45) is -1.35. The second-order valence-electron chi connectivity index (χ2n) is 4.12. The van der Waals surface area contributed by atoms with Crippen LogP contribution in [0.15, 0.2) is 0 Å². The van der Waals surface area contributed by atoms with Crippen LogP contribution >= 0.6 is 0 Å². The lowest BCUT2D eigenvalue weighted by Gasteiger charge is -2.15. The number of carboxylic acids is 2. The van der Waals surface area contributed by atoms with E-state index in [0.29, 0.717) is 0 Å². The molecule has 0 saturated heterocycles. The number of aliphatic carboxylic acids is 2. The van der Waals surface area contributed by atoms with Gasteiger partial charge in [-0.1, -0.05) is 0 Å². The molecule has 0 rings (SSSR count). The van der Waals surface area contributed by atoms with Gasteiger partial charge in [-0.25, -0.2) is 0 Å². The van der Waals surface area contributed by atoms with Crippen molar-refractivity contribution in [2.75, 3.05) is 13.2 Å². The summed E-state index contributed by atoms with van der Waals surface area (Å²) in [5.74, 6) is -3.66. The molecule has 0 spiro atoms. The van der Waals surface area contributed by atoms with Crippen molar-refractivity contribution in [3.8, 4) is 0 Å². The predicted octanol–water partition coefficient (Wildman–Crippen LogP) is -0.0199. The van der Waals surface area contributed by atoms with E-state index in [1.165, 1.54) is 20.8 Å². The minimum absolute atomic E-state index is 0.123. The molecule has 23 heavy (non-hydrogen) atoms. The molecule has 0 aromatic carbocycles. The summed E-state index contributed by atoms with van der Waals surface area (Å²) in [6, 6.07) is 0.